The van der Waals surface area contributed by atoms with E-state index in [9.17, 15) is 0 Å². The van der Waals surface area contributed by atoms with Crippen molar-refractivity contribution >= 4 is 8.80 Å². The predicted molar refractivity (Wildman–Crippen MR) is 125 cm³/mol. The molecule has 1 atom stereocenters. The van der Waals surface area contributed by atoms with E-state index in [0.29, 0.717) is 0 Å². The Hall–Kier alpha value is 0.265. The van der Waals surface area contributed by atoms with Crippen LogP contribution in [0.15, 0.2) is 21.7 Å². The normalized spacial score (nSPS) is 16.7. The summed E-state index contributed by atoms with van der Waals surface area (Å²) in [5, 5.41) is 7.47. The molecule has 176 valence electrons. The van der Waals surface area contributed by atoms with Crippen LogP contribution in [0.3, 0.4) is 0 Å². The van der Waals surface area contributed by atoms with Gasteiger partial charge in [-0.2, -0.15) is 0 Å². The third kappa shape index (κ3) is 8.73. The van der Waals surface area contributed by atoms with Gasteiger partial charge >= 0.3 is 167 Å². The summed E-state index contributed by atoms with van der Waals surface area (Å²) in [5.41, 5.74) is 1.76. The second-order valence-electron chi connectivity index (χ2n) is 8.59. The second kappa shape index (κ2) is 14.4. The van der Waals surface area contributed by atoms with Crippen LogP contribution in [-0.2, 0) is 29.3 Å². The van der Waals surface area contributed by atoms with Gasteiger partial charge in [0.25, 0.3) is 0 Å². The fraction of sp³-hybridized carbons (Fsp3) is 0.833. The molecule has 0 saturated carbocycles. The van der Waals surface area contributed by atoms with Gasteiger partial charge in [-0.15, -0.1) is 0 Å². The quantitative estimate of drug-likeness (QED) is 0.124. The van der Waals surface area contributed by atoms with Gasteiger partial charge in [-0.25, -0.2) is 0 Å². The zero-order valence-corrected chi connectivity index (χ0v) is 23.5. The molecule has 0 heterocycles. The van der Waals surface area contributed by atoms with Crippen LogP contribution in [0.2, 0.25) is 21.5 Å². The third-order valence-corrected chi connectivity index (χ3v) is 14.3. The molecule has 5 heteroatoms. The SMILES string of the molecule is CCCCCCCCCCCCC(C1=[C]([Pt]([CH3])([CH3])[CH3])CC=C1)[Si](OC)(OC)OC. The van der Waals surface area contributed by atoms with Gasteiger partial charge in [-0.1, -0.05) is 19.8 Å². The van der Waals surface area contributed by atoms with E-state index in [2.05, 4.69) is 35.0 Å². The molecule has 3 nitrogen and oxygen atoms in total. The van der Waals surface area contributed by atoms with Crippen LogP contribution < -0.4 is 0 Å². The summed E-state index contributed by atoms with van der Waals surface area (Å²) in [6, 6.07) is 0. The van der Waals surface area contributed by atoms with Crippen molar-refractivity contribution in [2.75, 3.05) is 21.3 Å². The summed E-state index contributed by atoms with van der Waals surface area (Å²) < 4.78 is 19.6. The van der Waals surface area contributed by atoms with Gasteiger partial charge in [0.05, 0.1) is 0 Å². The van der Waals surface area contributed by atoms with E-state index in [1.165, 1.54) is 69.8 Å². The Morgan fingerprint density at radius 3 is 1.76 bits per heavy atom. The summed E-state index contributed by atoms with van der Waals surface area (Å²) in [6.45, 7) is 2.28. The molecule has 0 bridgehead atoms. The monoisotopic (exact) mass is 607 g/mol. The van der Waals surface area contributed by atoms with Crippen molar-refractivity contribution in [3.05, 3.63) is 21.7 Å². The molecular formula is C24H48O3PtSi. The van der Waals surface area contributed by atoms with Gasteiger partial charge in [-0.05, 0) is 0 Å². The number of allylic oxidation sites excluding steroid dienone is 4. The zero-order chi connectivity index (χ0) is 21.8. The molecule has 1 unspecified atom stereocenters. The van der Waals surface area contributed by atoms with Crippen LogP contribution in [0.25, 0.3) is 0 Å². The van der Waals surface area contributed by atoms with Crippen molar-refractivity contribution in [3.8, 4) is 0 Å². The fourth-order valence-corrected chi connectivity index (χ4v) is 11.4. The Labute approximate surface area is 186 Å². The van der Waals surface area contributed by atoms with Crippen LogP contribution >= 0.6 is 0 Å². The van der Waals surface area contributed by atoms with E-state index < -0.39 is 24.9 Å². The Bertz CT molecular complexity index is 498. The molecule has 1 rings (SSSR count). The summed E-state index contributed by atoms with van der Waals surface area (Å²) in [6.07, 6.45) is 20.5. The van der Waals surface area contributed by atoms with E-state index in [1.54, 1.807) is 25.3 Å². The molecule has 0 aromatic rings. The van der Waals surface area contributed by atoms with Crippen LogP contribution in [-0.4, -0.2) is 30.1 Å². The van der Waals surface area contributed by atoms with E-state index in [4.69, 9.17) is 13.3 Å². The van der Waals surface area contributed by atoms with Gasteiger partial charge in [0.15, 0.2) is 0 Å². The second-order valence-corrected chi connectivity index (χ2v) is 23.3. The van der Waals surface area contributed by atoms with E-state index in [1.807, 2.05) is 0 Å². The number of rotatable bonds is 17. The number of hydrogen-bond donors (Lipinski definition) is 0. The maximum absolute atomic E-state index is 5.96. The molecule has 1 aliphatic rings. The number of hydrogen-bond acceptors (Lipinski definition) is 3. The number of unbranched alkanes of at least 4 members (excludes halogenated alkanes) is 9. The van der Waals surface area contributed by atoms with Crippen LogP contribution in [0, 0.1) is 0 Å². The summed E-state index contributed by atoms with van der Waals surface area (Å²) >= 11 is -1.83. The molecule has 0 radical (unpaired) electrons. The molecular weight excluding hydrogens is 559 g/mol. The van der Waals surface area contributed by atoms with Crippen molar-refractivity contribution in [1.82, 2.24) is 0 Å². The Balaban J connectivity index is 2.65. The van der Waals surface area contributed by atoms with Crippen molar-refractivity contribution in [3.63, 3.8) is 0 Å². The van der Waals surface area contributed by atoms with Gasteiger partial charge in [0.2, 0.25) is 0 Å². The van der Waals surface area contributed by atoms with Crippen molar-refractivity contribution in [2.24, 2.45) is 0 Å². The van der Waals surface area contributed by atoms with Crippen LogP contribution in [0.5, 0.6) is 0 Å². The maximum atomic E-state index is 5.96. The predicted octanol–water partition coefficient (Wildman–Crippen LogP) is 8.06. The first kappa shape index (κ1) is 27.3. The average Bonchev–Trinajstić information content (AvgIpc) is 3.19. The van der Waals surface area contributed by atoms with Crippen molar-refractivity contribution < 1.29 is 29.3 Å². The Morgan fingerprint density at radius 1 is 0.828 bits per heavy atom. The standard InChI is InChI=1S/C21H39O3Si.3CH3.Pt/c1-5-6-7-8-9-10-11-12-13-14-19-21(20-17-15-16-18-20)25(22-2,23-3)24-4;;;;/h15,17,21H,5-14,16,19H2,1-4H3;3*1H3;. The topological polar surface area (TPSA) is 27.7 Å². The van der Waals surface area contributed by atoms with Gasteiger partial charge in [-0.3, -0.25) is 0 Å². The minimum atomic E-state index is -2.71. The first-order valence-corrected chi connectivity index (χ1v) is 21.0. The molecule has 0 aromatic carbocycles. The van der Waals surface area contributed by atoms with E-state index in [-0.39, 0.29) is 5.54 Å². The zero-order valence-electron chi connectivity index (χ0n) is 20.3. The summed E-state index contributed by atoms with van der Waals surface area (Å²) in [7, 11) is 2.59. The van der Waals surface area contributed by atoms with E-state index in [0.717, 1.165) is 12.8 Å². The van der Waals surface area contributed by atoms with Crippen molar-refractivity contribution in [2.45, 2.75) is 105 Å². The molecule has 0 saturated heterocycles. The van der Waals surface area contributed by atoms with E-state index >= 15 is 0 Å². The van der Waals surface area contributed by atoms with Crippen molar-refractivity contribution in [1.29, 1.82) is 0 Å². The van der Waals surface area contributed by atoms with Gasteiger partial charge in [0.1, 0.15) is 0 Å². The molecule has 1 aliphatic carbocycles. The molecule has 0 fully saturated rings. The molecule has 29 heavy (non-hydrogen) atoms. The molecule has 0 spiro atoms. The fourth-order valence-electron chi connectivity index (χ4n) is 4.28. The first-order chi connectivity index (χ1) is 13.9. The summed E-state index contributed by atoms with van der Waals surface area (Å²) in [5.74, 6) is 0. The molecule has 0 aliphatic heterocycles. The van der Waals surface area contributed by atoms with Gasteiger partial charge < -0.3 is 0 Å². The minimum absolute atomic E-state index is 0.272. The third-order valence-electron chi connectivity index (χ3n) is 5.95. The van der Waals surface area contributed by atoms with Crippen LogP contribution in [0.1, 0.15) is 84.0 Å². The van der Waals surface area contributed by atoms with Gasteiger partial charge in [0, 0.05) is 0 Å². The molecule has 0 N–H and O–H groups in total. The Kier molecular flexibility index (Phi) is 13.5. The van der Waals surface area contributed by atoms with Crippen LogP contribution in [0.4, 0.5) is 0 Å². The Morgan fingerprint density at radius 2 is 1.31 bits per heavy atom. The molecule has 0 amide bonds. The average molecular weight is 608 g/mol. The first-order valence-electron chi connectivity index (χ1n) is 11.3. The summed E-state index contributed by atoms with van der Waals surface area (Å²) in [4.78, 5) is 0. The molecule has 0 aromatic heterocycles.